The van der Waals surface area contributed by atoms with Crippen molar-refractivity contribution in [2.75, 3.05) is 41.0 Å². The van der Waals surface area contributed by atoms with Gasteiger partial charge >= 0.3 is 0 Å². The second kappa shape index (κ2) is 8.00. The van der Waals surface area contributed by atoms with Crippen molar-refractivity contribution in [2.45, 2.75) is 19.4 Å². The minimum absolute atomic E-state index is 0.0950. The lowest BCUT2D eigenvalue weighted by Gasteiger charge is -2.32. The van der Waals surface area contributed by atoms with Crippen molar-refractivity contribution in [3.05, 3.63) is 29.8 Å². The molecule has 21 heavy (non-hydrogen) atoms. The molecular weight excluding hydrogens is 268 g/mol. The lowest BCUT2D eigenvalue weighted by molar-refractivity contribution is 0.0919. The molecule has 0 saturated carbocycles. The molecule has 1 N–H and O–H groups in total. The predicted octanol–water partition coefficient (Wildman–Crippen LogP) is 1.78. The van der Waals surface area contributed by atoms with E-state index in [-0.39, 0.29) is 11.4 Å². The van der Waals surface area contributed by atoms with Crippen LogP contribution in [-0.4, -0.2) is 57.3 Å². The summed E-state index contributed by atoms with van der Waals surface area (Å²) in [6.45, 7) is 5.73. The standard InChI is InChI=1S/C16H26N2O3/c1-16(2,18(3)4)12-17-15(19)13-7-6-8-14(11-13)21-10-9-20-5/h6-8,11H,9-10,12H2,1-5H3,(H,17,19). The van der Waals surface area contributed by atoms with Gasteiger partial charge in [0, 0.05) is 24.8 Å². The van der Waals surface area contributed by atoms with E-state index in [9.17, 15) is 4.79 Å². The van der Waals surface area contributed by atoms with Gasteiger partial charge in [-0.1, -0.05) is 6.07 Å². The number of carbonyl (C=O) groups excluding carboxylic acids is 1. The zero-order valence-corrected chi connectivity index (χ0v) is 13.6. The van der Waals surface area contributed by atoms with Gasteiger partial charge in [0.2, 0.25) is 0 Å². The van der Waals surface area contributed by atoms with Crippen LogP contribution in [-0.2, 0) is 4.74 Å². The summed E-state index contributed by atoms with van der Waals surface area (Å²) in [6.07, 6.45) is 0. The van der Waals surface area contributed by atoms with Crippen LogP contribution in [0.1, 0.15) is 24.2 Å². The summed E-state index contributed by atoms with van der Waals surface area (Å²) in [6, 6.07) is 7.17. The summed E-state index contributed by atoms with van der Waals surface area (Å²) in [7, 11) is 5.62. The highest BCUT2D eigenvalue weighted by Crippen LogP contribution is 2.14. The third-order valence-electron chi connectivity index (χ3n) is 3.54. The number of likely N-dealkylation sites (N-methyl/N-ethyl adjacent to an activating group) is 1. The third-order valence-corrected chi connectivity index (χ3v) is 3.54. The van der Waals surface area contributed by atoms with Crippen LogP contribution < -0.4 is 10.1 Å². The molecule has 5 nitrogen and oxygen atoms in total. The number of hydrogen-bond acceptors (Lipinski definition) is 4. The van der Waals surface area contributed by atoms with E-state index < -0.39 is 0 Å². The molecule has 0 aliphatic rings. The fraction of sp³-hybridized carbons (Fsp3) is 0.562. The van der Waals surface area contributed by atoms with Gasteiger partial charge in [0.15, 0.2) is 0 Å². The Morgan fingerprint density at radius 2 is 2.00 bits per heavy atom. The molecule has 0 aromatic heterocycles. The number of nitrogens with zero attached hydrogens (tertiary/aromatic N) is 1. The number of methoxy groups -OCH3 is 1. The lowest BCUT2D eigenvalue weighted by atomic mass is 10.0. The van der Waals surface area contributed by atoms with Crippen LogP contribution in [0.2, 0.25) is 0 Å². The van der Waals surface area contributed by atoms with Crippen LogP contribution in [0.15, 0.2) is 24.3 Å². The van der Waals surface area contributed by atoms with E-state index in [2.05, 4.69) is 24.1 Å². The number of benzene rings is 1. The largest absolute Gasteiger partial charge is 0.491 e. The van der Waals surface area contributed by atoms with E-state index in [0.717, 1.165) is 0 Å². The SMILES string of the molecule is COCCOc1cccc(C(=O)NCC(C)(C)N(C)C)c1. The van der Waals surface area contributed by atoms with Crippen LogP contribution in [0, 0.1) is 0 Å². The fourth-order valence-electron chi connectivity index (χ4n) is 1.53. The quantitative estimate of drug-likeness (QED) is 0.743. The molecular formula is C16H26N2O3. The van der Waals surface area contributed by atoms with E-state index in [1.165, 1.54) is 0 Å². The van der Waals surface area contributed by atoms with Gasteiger partial charge in [0.1, 0.15) is 12.4 Å². The molecule has 0 bridgehead atoms. The van der Waals surface area contributed by atoms with Crippen LogP contribution in [0.25, 0.3) is 0 Å². The summed E-state index contributed by atoms with van der Waals surface area (Å²) in [5.74, 6) is 0.577. The molecule has 0 spiro atoms. The Kier molecular flexibility index (Phi) is 6.65. The van der Waals surface area contributed by atoms with Gasteiger partial charge in [0.05, 0.1) is 6.61 Å². The van der Waals surface area contributed by atoms with Gasteiger partial charge in [-0.05, 0) is 46.1 Å². The molecule has 118 valence electrons. The van der Waals surface area contributed by atoms with E-state index in [0.29, 0.717) is 31.1 Å². The van der Waals surface area contributed by atoms with Gasteiger partial charge in [0.25, 0.3) is 5.91 Å². The Balaban J connectivity index is 2.60. The smallest absolute Gasteiger partial charge is 0.251 e. The minimum atomic E-state index is -0.0953. The summed E-state index contributed by atoms with van der Waals surface area (Å²) in [5.41, 5.74) is 0.502. The summed E-state index contributed by atoms with van der Waals surface area (Å²) in [4.78, 5) is 14.3. The second-order valence-electron chi connectivity index (χ2n) is 5.76. The third kappa shape index (κ3) is 5.73. The summed E-state index contributed by atoms with van der Waals surface area (Å²) >= 11 is 0. The highest BCUT2D eigenvalue weighted by atomic mass is 16.5. The van der Waals surface area contributed by atoms with Gasteiger partial charge in [-0.2, -0.15) is 0 Å². The first-order valence-electron chi connectivity index (χ1n) is 7.04. The van der Waals surface area contributed by atoms with Crippen molar-refractivity contribution < 1.29 is 14.3 Å². The Hall–Kier alpha value is -1.59. The van der Waals surface area contributed by atoms with Gasteiger partial charge in [-0.25, -0.2) is 0 Å². The van der Waals surface area contributed by atoms with Gasteiger partial charge in [-0.15, -0.1) is 0 Å². The highest BCUT2D eigenvalue weighted by molar-refractivity contribution is 5.94. The van der Waals surface area contributed by atoms with Crippen molar-refractivity contribution in [3.8, 4) is 5.75 Å². The summed E-state index contributed by atoms with van der Waals surface area (Å²) in [5, 5.41) is 2.95. The van der Waals surface area contributed by atoms with Crippen LogP contribution in [0.5, 0.6) is 5.75 Å². The Morgan fingerprint density at radius 3 is 2.62 bits per heavy atom. The maximum Gasteiger partial charge on any atom is 0.251 e. The number of amides is 1. The Bertz CT molecular complexity index is 459. The molecule has 0 saturated heterocycles. The van der Waals surface area contributed by atoms with Crippen LogP contribution >= 0.6 is 0 Å². The normalized spacial score (nSPS) is 11.5. The lowest BCUT2D eigenvalue weighted by Crippen LogP contribution is -2.48. The molecule has 0 aliphatic carbocycles. The van der Waals surface area contributed by atoms with Crippen molar-refractivity contribution in [1.29, 1.82) is 0 Å². The van der Waals surface area contributed by atoms with Crippen LogP contribution in [0.3, 0.4) is 0 Å². The number of rotatable bonds is 8. The molecule has 0 heterocycles. The van der Waals surface area contributed by atoms with Gasteiger partial charge < -0.3 is 19.7 Å². The maximum absolute atomic E-state index is 12.2. The molecule has 0 fully saturated rings. The zero-order valence-electron chi connectivity index (χ0n) is 13.6. The molecule has 5 heteroatoms. The van der Waals surface area contributed by atoms with Gasteiger partial charge in [-0.3, -0.25) is 4.79 Å². The average molecular weight is 294 g/mol. The molecule has 1 amide bonds. The first kappa shape index (κ1) is 17.5. The predicted molar refractivity (Wildman–Crippen MR) is 83.9 cm³/mol. The Labute approximate surface area is 127 Å². The number of hydrogen-bond donors (Lipinski definition) is 1. The van der Waals surface area contributed by atoms with Crippen molar-refractivity contribution in [3.63, 3.8) is 0 Å². The van der Waals surface area contributed by atoms with E-state index in [1.807, 2.05) is 26.2 Å². The average Bonchev–Trinajstić information content (AvgIpc) is 2.45. The first-order chi connectivity index (χ1) is 9.86. The molecule has 1 rings (SSSR count). The maximum atomic E-state index is 12.2. The van der Waals surface area contributed by atoms with Crippen LogP contribution in [0.4, 0.5) is 0 Å². The molecule has 0 aliphatic heterocycles. The summed E-state index contributed by atoms with van der Waals surface area (Å²) < 4.78 is 10.4. The molecule has 1 aromatic rings. The van der Waals surface area contributed by atoms with Crippen molar-refractivity contribution in [1.82, 2.24) is 10.2 Å². The fourth-order valence-corrected chi connectivity index (χ4v) is 1.53. The van der Waals surface area contributed by atoms with E-state index in [1.54, 1.807) is 19.2 Å². The monoisotopic (exact) mass is 294 g/mol. The molecule has 1 aromatic carbocycles. The Morgan fingerprint density at radius 1 is 1.29 bits per heavy atom. The minimum Gasteiger partial charge on any atom is -0.491 e. The van der Waals surface area contributed by atoms with E-state index in [4.69, 9.17) is 9.47 Å². The zero-order chi connectivity index (χ0) is 15.9. The molecule has 0 radical (unpaired) electrons. The highest BCUT2D eigenvalue weighted by Gasteiger charge is 2.21. The molecule has 0 unspecified atom stereocenters. The number of nitrogens with one attached hydrogen (secondary N) is 1. The number of carbonyl (C=O) groups is 1. The second-order valence-corrected chi connectivity index (χ2v) is 5.76. The first-order valence-corrected chi connectivity index (χ1v) is 7.04. The molecule has 0 atom stereocenters. The van der Waals surface area contributed by atoms with E-state index >= 15 is 0 Å². The topological polar surface area (TPSA) is 50.8 Å². The van der Waals surface area contributed by atoms with Crippen molar-refractivity contribution >= 4 is 5.91 Å². The number of ether oxygens (including phenoxy) is 2. The van der Waals surface area contributed by atoms with Crippen molar-refractivity contribution in [2.24, 2.45) is 0 Å².